The van der Waals surface area contributed by atoms with Gasteiger partial charge in [-0.2, -0.15) is 0 Å². The molecular formula is C14H25N5. The molecule has 0 aromatic carbocycles. The first-order valence-corrected chi connectivity index (χ1v) is 7.33. The Morgan fingerprint density at radius 2 is 2.00 bits per heavy atom. The maximum absolute atomic E-state index is 4.45. The molecule has 1 aromatic heterocycles. The lowest BCUT2D eigenvalue weighted by Crippen LogP contribution is -2.58. The molecule has 0 spiro atoms. The van der Waals surface area contributed by atoms with Gasteiger partial charge in [0.2, 0.25) is 0 Å². The van der Waals surface area contributed by atoms with Gasteiger partial charge >= 0.3 is 0 Å². The third-order valence-corrected chi connectivity index (χ3v) is 4.41. The Morgan fingerprint density at radius 3 is 2.79 bits per heavy atom. The molecule has 0 bridgehead atoms. The molecule has 1 fully saturated rings. The Balaban J connectivity index is 1.61. The molecule has 0 unspecified atom stereocenters. The third kappa shape index (κ3) is 2.83. The van der Waals surface area contributed by atoms with Gasteiger partial charge in [-0.3, -0.25) is 9.80 Å². The molecule has 19 heavy (non-hydrogen) atoms. The van der Waals surface area contributed by atoms with Crippen molar-refractivity contribution in [1.82, 2.24) is 24.7 Å². The van der Waals surface area contributed by atoms with Crippen LogP contribution in [0.2, 0.25) is 0 Å². The molecule has 0 aliphatic carbocycles. The summed E-state index contributed by atoms with van der Waals surface area (Å²) in [5.41, 5.74) is 0.247. The number of hydrogen-bond donors (Lipinski definition) is 1. The average molecular weight is 263 g/mol. The van der Waals surface area contributed by atoms with E-state index in [0.29, 0.717) is 0 Å². The fraction of sp³-hybridized carbons (Fsp3) is 0.786. The lowest BCUT2D eigenvalue weighted by molar-refractivity contribution is 0.0531. The Bertz CT molecular complexity index is 419. The minimum absolute atomic E-state index is 0.247. The van der Waals surface area contributed by atoms with Crippen LogP contribution in [0.4, 0.5) is 0 Å². The van der Waals surface area contributed by atoms with Crippen LogP contribution in [0.1, 0.15) is 19.7 Å². The van der Waals surface area contributed by atoms with Gasteiger partial charge in [-0.05, 0) is 13.8 Å². The molecule has 5 heteroatoms. The van der Waals surface area contributed by atoms with E-state index in [1.54, 1.807) is 0 Å². The number of piperazine rings is 1. The van der Waals surface area contributed by atoms with E-state index in [2.05, 4.69) is 44.7 Å². The number of hydrogen-bond acceptors (Lipinski definition) is 4. The average Bonchev–Trinajstić information content (AvgIpc) is 2.87. The molecule has 0 radical (unpaired) electrons. The maximum Gasteiger partial charge on any atom is 0.122 e. The van der Waals surface area contributed by atoms with Crippen LogP contribution in [0.3, 0.4) is 0 Å². The predicted molar refractivity (Wildman–Crippen MR) is 76.0 cm³/mol. The van der Waals surface area contributed by atoms with Crippen molar-refractivity contribution in [2.45, 2.75) is 32.5 Å². The standard InChI is InChI=1S/C14H25N5/c1-14(2,19-7-3-15-4-8-19)12-17-9-10-18-6-5-16-13(18)11-17/h5-6,15H,3-4,7-12H2,1-2H3. The molecule has 5 nitrogen and oxygen atoms in total. The molecule has 2 aliphatic heterocycles. The smallest absolute Gasteiger partial charge is 0.122 e. The molecule has 1 saturated heterocycles. The minimum atomic E-state index is 0.247. The van der Waals surface area contributed by atoms with Crippen molar-refractivity contribution in [3.05, 3.63) is 18.2 Å². The molecule has 0 atom stereocenters. The first-order valence-electron chi connectivity index (χ1n) is 7.33. The number of aromatic nitrogens is 2. The van der Waals surface area contributed by atoms with Gasteiger partial charge in [0, 0.05) is 63.7 Å². The molecule has 3 rings (SSSR count). The van der Waals surface area contributed by atoms with Crippen molar-refractivity contribution in [3.8, 4) is 0 Å². The number of fused-ring (bicyclic) bond motifs is 1. The fourth-order valence-electron chi connectivity index (χ4n) is 3.28. The van der Waals surface area contributed by atoms with Crippen LogP contribution >= 0.6 is 0 Å². The summed E-state index contributed by atoms with van der Waals surface area (Å²) < 4.78 is 2.27. The number of rotatable bonds is 3. The molecule has 2 aliphatic rings. The zero-order valence-electron chi connectivity index (χ0n) is 12.1. The monoisotopic (exact) mass is 263 g/mol. The second-order valence-corrected chi connectivity index (χ2v) is 6.30. The molecular weight excluding hydrogens is 238 g/mol. The SMILES string of the molecule is CC(C)(CN1CCn2ccnc2C1)N1CCNCC1. The van der Waals surface area contributed by atoms with E-state index in [1.807, 2.05) is 6.20 Å². The van der Waals surface area contributed by atoms with E-state index in [-0.39, 0.29) is 5.54 Å². The summed E-state index contributed by atoms with van der Waals surface area (Å²) in [7, 11) is 0. The van der Waals surface area contributed by atoms with E-state index in [9.17, 15) is 0 Å². The van der Waals surface area contributed by atoms with Gasteiger partial charge in [-0.25, -0.2) is 4.98 Å². The van der Waals surface area contributed by atoms with Crippen molar-refractivity contribution in [2.75, 3.05) is 39.3 Å². The Labute approximate surface area is 115 Å². The Hall–Kier alpha value is -0.910. The van der Waals surface area contributed by atoms with Crippen LogP contribution in [0, 0.1) is 0 Å². The normalized spacial score (nSPS) is 22.4. The van der Waals surface area contributed by atoms with E-state index in [0.717, 1.165) is 52.4 Å². The van der Waals surface area contributed by atoms with Crippen molar-refractivity contribution in [3.63, 3.8) is 0 Å². The second-order valence-electron chi connectivity index (χ2n) is 6.30. The van der Waals surface area contributed by atoms with Crippen molar-refractivity contribution < 1.29 is 0 Å². The highest BCUT2D eigenvalue weighted by atomic mass is 15.3. The van der Waals surface area contributed by atoms with Crippen LogP contribution in [0.15, 0.2) is 12.4 Å². The molecule has 0 amide bonds. The summed E-state index contributed by atoms with van der Waals surface area (Å²) in [6, 6.07) is 0. The zero-order chi connectivity index (χ0) is 13.3. The van der Waals surface area contributed by atoms with Crippen LogP contribution < -0.4 is 5.32 Å². The number of nitrogens with one attached hydrogen (secondary N) is 1. The second kappa shape index (κ2) is 5.23. The zero-order valence-corrected chi connectivity index (χ0v) is 12.1. The van der Waals surface area contributed by atoms with Gasteiger partial charge in [0.25, 0.3) is 0 Å². The summed E-state index contributed by atoms with van der Waals surface area (Å²) >= 11 is 0. The summed E-state index contributed by atoms with van der Waals surface area (Å²) in [5, 5.41) is 3.43. The fourth-order valence-corrected chi connectivity index (χ4v) is 3.28. The molecule has 106 valence electrons. The van der Waals surface area contributed by atoms with Crippen LogP contribution in [-0.2, 0) is 13.1 Å². The van der Waals surface area contributed by atoms with Gasteiger partial charge in [0.15, 0.2) is 0 Å². The number of imidazole rings is 1. The summed E-state index contributed by atoms with van der Waals surface area (Å²) in [5.74, 6) is 1.21. The summed E-state index contributed by atoms with van der Waals surface area (Å²) in [6.45, 7) is 13.6. The van der Waals surface area contributed by atoms with Gasteiger partial charge in [-0.15, -0.1) is 0 Å². The molecule has 0 saturated carbocycles. The topological polar surface area (TPSA) is 36.3 Å². The highest BCUT2D eigenvalue weighted by Gasteiger charge is 2.31. The van der Waals surface area contributed by atoms with Gasteiger partial charge in [0.1, 0.15) is 5.82 Å². The third-order valence-electron chi connectivity index (χ3n) is 4.41. The van der Waals surface area contributed by atoms with E-state index >= 15 is 0 Å². The van der Waals surface area contributed by atoms with E-state index in [1.165, 1.54) is 5.82 Å². The van der Waals surface area contributed by atoms with Crippen molar-refractivity contribution in [2.24, 2.45) is 0 Å². The largest absolute Gasteiger partial charge is 0.333 e. The van der Waals surface area contributed by atoms with Crippen molar-refractivity contribution >= 4 is 0 Å². The van der Waals surface area contributed by atoms with Crippen LogP contribution in [0.5, 0.6) is 0 Å². The van der Waals surface area contributed by atoms with Crippen LogP contribution in [0.25, 0.3) is 0 Å². The lowest BCUT2D eigenvalue weighted by atomic mass is 10.0. The van der Waals surface area contributed by atoms with Gasteiger partial charge < -0.3 is 9.88 Å². The van der Waals surface area contributed by atoms with Gasteiger partial charge in [-0.1, -0.05) is 0 Å². The lowest BCUT2D eigenvalue weighted by Gasteiger charge is -2.44. The molecule has 3 heterocycles. The molecule has 1 aromatic rings. The summed E-state index contributed by atoms with van der Waals surface area (Å²) in [6.07, 6.45) is 4.01. The Kier molecular flexibility index (Phi) is 3.60. The molecule has 1 N–H and O–H groups in total. The highest BCUT2D eigenvalue weighted by Crippen LogP contribution is 2.19. The minimum Gasteiger partial charge on any atom is -0.333 e. The summed E-state index contributed by atoms with van der Waals surface area (Å²) in [4.78, 5) is 9.61. The van der Waals surface area contributed by atoms with E-state index < -0.39 is 0 Å². The number of nitrogens with zero attached hydrogens (tertiary/aromatic N) is 4. The van der Waals surface area contributed by atoms with E-state index in [4.69, 9.17) is 0 Å². The Morgan fingerprint density at radius 1 is 1.21 bits per heavy atom. The quantitative estimate of drug-likeness (QED) is 0.855. The predicted octanol–water partition coefficient (Wildman–Crippen LogP) is 0.383. The van der Waals surface area contributed by atoms with Gasteiger partial charge in [0.05, 0.1) is 6.54 Å². The first kappa shape index (κ1) is 13.1. The van der Waals surface area contributed by atoms with Crippen LogP contribution in [-0.4, -0.2) is 64.2 Å². The highest BCUT2D eigenvalue weighted by molar-refractivity contribution is 4.97. The van der Waals surface area contributed by atoms with Crippen molar-refractivity contribution in [1.29, 1.82) is 0 Å². The first-order chi connectivity index (χ1) is 9.15. The maximum atomic E-state index is 4.45.